The normalized spacial score (nSPS) is 10.8. The summed E-state index contributed by atoms with van der Waals surface area (Å²) in [5.74, 6) is 0. The van der Waals surface area contributed by atoms with Gasteiger partial charge in [-0.2, -0.15) is 0 Å². The predicted molar refractivity (Wildman–Crippen MR) is 116 cm³/mol. The molecule has 9 heteroatoms. The largest absolute Gasteiger partial charge is 0.330 e. The van der Waals surface area contributed by atoms with Crippen molar-refractivity contribution in [3.05, 3.63) is 62.7 Å². The van der Waals surface area contributed by atoms with Crippen molar-refractivity contribution >= 4 is 79.6 Å². The number of anilines is 2. The Bertz CT molecular complexity index is 1090. The summed E-state index contributed by atoms with van der Waals surface area (Å²) in [6.45, 7) is 1.96. The van der Waals surface area contributed by atoms with E-state index in [1.165, 1.54) is 11.3 Å². The van der Waals surface area contributed by atoms with Crippen LogP contribution in [0.3, 0.4) is 0 Å². The Kier molecular flexibility index (Phi) is 5.79. The van der Waals surface area contributed by atoms with Crippen molar-refractivity contribution in [1.29, 1.82) is 0 Å². The van der Waals surface area contributed by atoms with Crippen LogP contribution in [0.1, 0.15) is 5.69 Å². The summed E-state index contributed by atoms with van der Waals surface area (Å²) in [7, 11) is 0. The molecule has 0 amide bonds. The molecule has 0 aliphatic heterocycles. The fourth-order valence-electron chi connectivity index (χ4n) is 2.59. The number of hydrogen-bond acceptors (Lipinski definition) is 4. The highest BCUT2D eigenvalue weighted by Gasteiger charge is 2.15. The molecule has 3 aromatic heterocycles. The molecule has 0 saturated carbocycles. The molecule has 4 aromatic rings. The Morgan fingerprint density at radius 3 is 2.58 bits per heavy atom. The zero-order chi connectivity index (χ0) is 17.6. The molecule has 0 spiro atoms. The van der Waals surface area contributed by atoms with Gasteiger partial charge in [0.15, 0.2) is 5.13 Å². The van der Waals surface area contributed by atoms with Crippen LogP contribution in [-0.2, 0) is 0 Å². The first-order valence-electron chi connectivity index (χ1n) is 7.33. The summed E-state index contributed by atoms with van der Waals surface area (Å²) < 4.78 is 1.95. The van der Waals surface area contributed by atoms with Crippen LogP contribution in [0.5, 0.6) is 0 Å². The van der Waals surface area contributed by atoms with E-state index in [2.05, 4.69) is 15.3 Å². The van der Waals surface area contributed by atoms with Crippen LogP contribution in [0, 0.1) is 6.92 Å². The molecule has 4 rings (SSSR count). The second-order valence-electron chi connectivity index (χ2n) is 5.41. The maximum absolute atomic E-state index is 6.21. The van der Waals surface area contributed by atoms with Crippen molar-refractivity contribution in [1.82, 2.24) is 14.4 Å². The van der Waals surface area contributed by atoms with Crippen LogP contribution in [0.15, 0.2) is 41.9 Å². The van der Waals surface area contributed by atoms with Gasteiger partial charge >= 0.3 is 0 Å². The lowest BCUT2D eigenvalue weighted by Crippen LogP contribution is -1.92. The third-order valence-electron chi connectivity index (χ3n) is 3.68. The molecule has 3 heterocycles. The van der Waals surface area contributed by atoms with Gasteiger partial charge in [-0.15, -0.1) is 28.3 Å². The van der Waals surface area contributed by atoms with E-state index in [-0.39, 0.29) is 17.0 Å². The molecule has 0 saturated heterocycles. The summed E-state index contributed by atoms with van der Waals surface area (Å²) in [5.41, 5.74) is 4.22. The molecule has 0 radical (unpaired) electrons. The average Bonchev–Trinajstić information content (AvgIpc) is 3.13. The predicted octanol–water partition coefficient (Wildman–Crippen LogP) is 7.05. The fourth-order valence-corrected chi connectivity index (χ4v) is 3.91. The second kappa shape index (κ2) is 7.74. The number of aryl methyl sites for hydroxylation is 1. The smallest absolute Gasteiger partial charge is 0.187 e. The van der Waals surface area contributed by atoms with Gasteiger partial charge < -0.3 is 5.32 Å². The van der Waals surface area contributed by atoms with E-state index in [1.54, 1.807) is 12.1 Å². The highest BCUT2D eigenvalue weighted by atomic mass is 79.9. The van der Waals surface area contributed by atoms with Crippen LogP contribution >= 0.6 is 63.1 Å². The number of hydrogen-bond donors (Lipinski definition) is 1. The van der Waals surface area contributed by atoms with Crippen LogP contribution in [0.4, 0.5) is 10.8 Å². The molecule has 26 heavy (non-hydrogen) atoms. The lowest BCUT2D eigenvalue weighted by Gasteiger charge is -2.05. The monoisotopic (exact) mass is 488 g/mol. The van der Waals surface area contributed by atoms with Gasteiger partial charge in [-0.05, 0) is 37.3 Å². The van der Waals surface area contributed by atoms with Gasteiger partial charge in [0.25, 0.3) is 0 Å². The van der Waals surface area contributed by atoms with Crippen molar-refractivity contribution in [3.63, 3.8) is 0 Å². The molecule has 0 aliphatic rings. The Hall–Kier alpha value is -1.31. The van der Waals surface area contributed by atoms with Gasteiger partial charge in [-0.3, -0.25) is 4.40 Å². The van der Waals surface area contributed by atoms with E-state index in [0.717, 1.165) is 33.5 Å². The fraction of sp³-hybridized carbons (Fsp3) is 0.0588. The molecule has 0 aliphatic carbocycles. The van der Waals surface area contributed by atoms with Crippen molar-refractivity contribution in [2.45, 2.75) is 6.92 Å². The molecule has 1 N–H and O–H groups in total. The number of rotatable bonds is 3. The first kappa shape index (κ1) is 19.5. The molecule has 0 unspecified atom stereocenters. The highest BCUT2D eigenvalue weighted by molar-refractivity contribution is 8.93. The third kappa shape index (κ3) is 3.70. The van der Waals surface area contributed by atoms with E-state index < -0.39 is 0 Å². The Morgan fingerprint density at radius 1 is 1.04 bits per heavy atom. The number of benzene rings is 1. The summed E-state index contributed by atoms with van der Waals surface area (Å²) in [6.07, 6.45) is 1.84. The Balaban J connectivity index is 0.00000196. The maximum atomic E-state index is 6.21. The van der Waals surface area contributed by atoms with E-state index in [0.29, 0.717) is 15.1 Å². The van der Waals surface area contributed by atoms with Crippen LogP contribution < -0.4 is 5.32 Å². The Morgan fingerprint density at radius 2 is 1.81 bits per heavy atom. The molecular formula is C17H12BrCl3N4S. The highest BCUT2D eigenvalue weighted by Crippen LogP contribution is 2.33. The van der Waals surface area contributed by atoms with E-state index in [1.807, 2.05) is 41.1 Å². The van der Waals surface area contributed by atoms with Gasteiger partial charge in [0.1, 0.15) is 11.3 Å². The second-order valence-corrected chi connectivity index (χ2v) is 7.55. The zero-order valence-electron chi connectivity index (χ0n) is 13.3. The van der Waals surface area contributed by atoms with Crippen molar-refractivity contribution < 1.29 is 0 Å². The standard InChI is InChI=1S/C17H11Cl3N4S.BrH/c1-9-16(24-7-11(19)3-5-15(24)21-9)14-8-25-17(23-14)22-13-4-2-10(18)6-12(13)20;/h2-8H,1H3,(H,22,23);1H. The molecular weight excluding hydrogens is 479 g/mol. The molecule has 0 fully saturated rings. The van der Waals surface area contributed by atoms with Crippen LogP contribution in [0.25, 0.3) is 17.0 Å². The van der Waals surface area contributed by atoms with Gasteiger partial charge in [0.2, 0.25) is 0 Å². The molecule has 4 nitrogen and oxygen atoms in total. The molecule has 134 valence electrons. The molecule has 0 atom stereocenters. The van der Waals surface area contributed by atoms with Crippen molar-refractivity contribution in [2.24, 2.45) is 0 Å². The van der Waals surface area contributed by atoms with Crippen LogP contribution in [-0.4, -0.2) is 14.4 Å². The number of thiazole rings is 1. The first-order chi connectivity index (χ1) is 12.0. The quantitative estimate of drug-likeness (QED) is 0.335. The van der Waals surface area contributed by atoms with E-state index in [9.17, 15) is 0 Å². The van der Waals surface area contributed by atoms with Gasteiger partial charge in [0.05, 0.1) is 27.1 Å². The Labute approximate surface area is 179 Å². The lowest BCUT2D eigenvalue weighted by atomic mass is 10.3. The number of nitrogens with zero attached hydrogens (tertiary/aromatic N) is 3. The SMILES string of the molecule is Br.Cc1nc2ccc(Cl)cn2c1-c1csc(Nc2ccc(Cl)cc2Cl)n1. The van der Waals surface area contributed by atoms with Crippen molar-refractivity contribution in [2.75, 3.05) is 5.32 Å². The topological polar surface area (TPSA) is 42.2 Å². The minimum Gasteiger partial charge on any atom is -0.330 e. The number of imidazole rings is 1. The minimum atomic E-state index is 0. The zero-order valence-corrected chi connectivity index (χ0v) is 18.1. The molecule has 0 bridgehead atoms. The summed E-state index contributed by atoms with van der Waals surface area (Å²) in [6, 6.07) is 9.00. The van der Waals surface area contributed by atoms with Gasteiger partial charge in [0, 0.05) is 16.6 Å². The van der Waals surface area contributed by atoms with Gasteiger partial charge in [-0.1, -0.05) is 34.8 Å². The first-order valence-corrected chi connectivity index (χ1v) is 9.35. The summed E-state index contributed by atoms with van der Waals surface area (Å²) >= 11 is 19.8. The van der Waals surface area contributed by atoms with Crippen LogP contribution in [0.2, 0.25) is 15.1 Å². The number of aromatic nitrogens is 3. The number of fused-ring (bicyclic) bond motifs is 1. The van der Waals surface area contributed by atoms with Crippen molar-refractivity contribution in [3.8, 4) is 11.4 Å². The number of pyridine rings is 1. The molecule has 1 aromatic carbocycles. The lowest BCUT2D eigenvalue weighted by molar-refractivity contribution is 1.17. The number of halogens is 4. The summed E-state index contributed by atoms with van der Waals surface area (Å²) in [4.78, 5) is 9.22. The van der Waals surface area contributed by atoms with E-state index >= 15 is 0 Å². The van der Waals surface area contributed by atoms with E-state index in [4.69, 9.17) is 34.8 Å². The maximum Gasteiger partial charge on any atom is 0.187 e. The summed E-state index contributed by atoms with van der Waals surface area (Å²) in [5, 5.41) is 7.71. The van der Waals surface area contributed by atoms with Gasteiger partial charge in [-0.25, -0.2) is 9.97 Å². The number of nitrogens with one attached hydrogen (secondary N) is 1. The average molecular weight is 491 g/mol. The minimum absolute atomic E-state index is 0. The third-order valence-corrected chi connectivity index (χ3v) is 5.21.